The fourth-order valence-electron chi connectivity index (χ4n) is 2.15. The third-order valence-corrected chi connectivity index (χ3v) is 5.11. The number of hydrogen-bond donors (Lipinski definition) is 1. The van der Waals surface area contributed by atoms with Gasteiger partial charge in [0.2, 0.25) is 0 Å². The first-order chi connectivity index (χ1) is 11.5. The monoisotopic (exact) mass is 407 g/mol. The number of methoxy groups -OCH3 is 1. The molecule has 1 heterocycles. The van der Waals surface area contributed by atoms with E-state index in [0.29, 0.717) is 17.1 Å². The second-order valence-electron chi connectivity index (χ2n) is 4.90. The molecule has 8 heteroatoms. The first-order valence-electron chi connectivity index (χ1n) is 6.96. The summed E-state index contributed by atoms with van der Waals surface area (Å²) in [7, 11) is -2.19. The van der Waals surface area contributed by atoms with E-state index in [1.165, 1.54) is 19.2 Å². The molecular formula is C16H14BrN3O3S. The lowest BCUT2D eigenvalue weighted by atomic mass is 10.3. The highest BCUT2D eigenvalue weighted by atomic mass is 79.9. The molecule has 3 aromatic rings. The van der Waals surface area contributed by atoms with Crippen LogP contribution >= 0.6 is 15.9 Å². The summed E-state index contributed by atoms with van der Waals surface area (Å²) in [5.41, 5.74) is 1.06. The maximum Gasteiger partial charge on any atom is 0.261 e. The maximum absolute atomic E-state index is 12.6. The number of rotatable bonds is 5. The molecule has 6 nitrogen and oxygen atoms in total. The van der Waals surface area contributed by atoms with Gasteiger partial charge in [0.25, 0.3) is 10.0 Å². The van der Waals surface area contributed by atoms with Crippen LogP contribution in [0.25, 0.3) is 5.69 Å². The molecule has 0 spiro atoms. The lowest BCUT2D eigenvalue weighted by Gasteiger charge is -2.12. The van der Waals surface area contributed by atoms with Crippen molar-refractivity contribution in [2.24, 2.45) is 0 Å². The number of nitrogens with zero attached hydrogens (tertiary/aromatic N) is 2. The Hall–Kier alpha value is -2.32. The zero-order chi connectivity index (χ0) is 17.2. The molecule has 0 fully saturated rings. The smallest absolute Gasteiger partial charge is 0.261 e. The van der Waals surface area contributed by atoms with Crippen LogP contribution in [-0.4, -0.2) is 25.3 Å². The number of nitrogens with one attached hydrogen (secondary N) is 1. The summed E-state index contributed by atoms with van der Waals surface area (Å²) in [6.07, 6.45) is 3.38. The van der Waals surface area contributed by atoms with Crippen molar-refractivity contribution in [3.05, 3.63) is 65.4 Å². The average molecular weight is 408 g/mol. The predicted octanol–water partition coefficient (Wildman–Crippen LogP) is 3.44. The minimum atomic E-state index is -3.72. The van der Waals surface area contributed by atoms with E-state index in [1.807, 2.05) is 6.07 Å². The highest BCUT2D eigenvalue weighted by Crippen LogP contribution is 2.24. The van der Waals surface area contributed by atoms with Gasteiger partial charge in [0.05, 0.1) is 34.0 Å². The van der Waals surface area contributed by atoms with Crippen molar-refractivity contribution in [3.63, 3.8) is 0 Å². The molecule has 0 bridgehead atoms. The van der Waals surface area contributed by atoms with Gasteiger partial charge in [0, 0.05) is 6.20 Å². The fourth-order valence-corrected chi connectivity index (χ4v) is 3.51. The Bertz CT molecular complexity index is 953. The molecule has 0 atom stereocenters. The first kappa shape index (κ1) is 16.5. The van der Waals surface area contributed by atoms with Crippen molar-refractivity contribution in [2.45, 2.75) is 4.90 Å². The number of aromatic nitrogens is 2. The third kappa shape index (κ3) is 3.44. The Morgan fingerprint density at radius 1 is 1.12 bits per heavy atom. The molecule has 0 saturated carbocycles. The Morgan fingerprint density at radius 2 is 1.83 bits per heavy atom. The summed E-state index contributed by atoms with van der Waals surface area (Å²) in [6, 6.07) is 13.2. The zero-order valence-electron chi connectivity index (χ0n) is 12.7. The molecule has 1 N–H and O–H groups in total. The maximum atomic E-state index is 12.6. The highest BCUT2D eigenvalue weighted by Gasteiger charge is 2.17. The van der Waals surface area contributed by atoms with Crippen LogP contribution in [0.1, 0.15) is 0 Å². The quantitative estimate of drug-likeness (QED) is 0.702. The molecule has 24 heavy (non-hydrogen) atoms. The van der Waals surface area contributed by atoms with Crippen molar-refractivity contribution < 1.29 is 13.2 Å². The molecule has 3 rings (SSSR count). The SMILES string of the molecule is COc1ccc(S(=O)(=O)Nc2ccccc2-n2cc(Br)cn2)cc1. The molecule has 0 aliphatic carbocycles. The van der Waals surface area contributed by atoms with Gasteiger partial charge in [-0.15, -0.1) is 0 Å². The van der Waals surface area contributed by atoms with Crippen molar-refractivity contribution in [1.82, 2.24) is 9.78 Å². The van der Waals surface area contributed by atoms with E-state index in [4.69, 9.17) is 4.74 Å². The van der Waals surface area contributed by atoms with Gasteiger partial charge in [-0.2, -0.15) is 5.10 Å². The van der Waals surface area contributed by atoms with E-state index in [0.717, 1.165) is 4.47 Å². The number of anilines is 1. The zero-order valence-corrected chi connectivity index (χ0v) is 15.1. The summed E-state index contributed by atoms with van der Waals surface area (Å²) in [5, 5.41) is 4.19. The average Bonchev–Trinajstić information content (AvgIpc) is 3.01. The molecule has 0 aliphatic heterocycles. The van der Waals surface area contributed by atoms with Crippen molar-refractivity contribution >= 4 is 31.6 Å². The minimum Gasteiger partial charge on any atom is -0.497 e. The number of para-hydroxylation sites is 2. The van der Waals surface area contributed by atoms with E-state index in [2.05, 4.69) is 25.8 Å². The molecular weight excluding hydrogens is 394 g/mol. The van der Waals surface area contributed by atoms with Crippen LogP contribution in [-0.2, 0) is 10.0 Å². The van der Waals surface area contributed by atoms with Crippen molar-refractivity contribution in [3.8, 4) is 11.4 Å². The Morgan fingerprint density at radius 3 is 2.46 bits per heavy atom. The minimum absolute atomic E-state index is 0.153. The molecule has 0 amide bonds. The van der Waals surface area contributed by atoms with Crippen molar-refractivity contribution in [1.29, 1.82) is 0 Å². The van der Waals surface area contributed by atoms with Gasteiger partial charge in [-0.25, -0.2) is 13.1 Å². The molecule has 124 valence electrons. The van der Waals surface area contributed by atoms with Gasteiger partial charge in [0.15, 0.2) is 0 Å². The molecule has 0 saturated heterocycles. The van der Waals surface area contributed by atoms with Crippen LogP contribution in [0, 0.1) is 0 Å². The largest absolute Gasteiger partial charge is 0.497 e. The number of ether oxygens (including phenoxy) is 1. The molecule has 1 aromatic heterocycles. The second kappa shape index (κ2) is 6.66. The van der Waals surface area contributed by atoms with E-state index in [9.17, 15) is 8.42 Å². The van der Waals surface area contributed by atoms with Gasteiger partial charge < -0.3 is 4.74 Å². The van der Waals surface area contributed by atoms with Gasteiger partial charge in [-0.3, -0.25) is 4.72 Å². The molecule has 0 unspecified atom stereocenters. The molecule has 0 radical (unpaired) electrons. The number of sulfonamides is 1. The van der Waals surface area contributed by atoms with Crippen LogP contribution in [0.3, 0.4) is 0 Å². The number of benzene rings is 2. The Balaban J connectivity index is 1.95. The van der Waals surface area contributed by atoms with Gasteiger partial charge in [0.1, 0.15) is 5.75 Å². The summed E-state index contributed by atoms with van der Waals surface area (Å²) in [4.78, 5) is 0.153. The van der Waals surface area contributed by atoms with Gasteiger partial charge >= 0.3 is 0 Å². The van der Waals surface area contributed by atoms with E-state index >= 15 is 0 Å². The van der Waals surface area contributed by atoms with E-state index in [1.54, 1.807) is 47.4 Å². The number of halogens is 1. The Kier molecular flexibility index (Phi) is 4.59. The second-order valence-corrected chi connectivity index (χ2v) is 7.50. The molecule has 2 aromatic carbocycles. The van der Waals surface area contributed by atoms with Crippen LogP contribution in [0.2, 0.25) is 0 Å². The first-order valence-corrected chi connectivity index (χ1v) is 9.24. The third-order valence-electron chi connectivity index (χ3n) is 3.32. The highest BCUT2D eigenvalue weighted by molar-refractivity contribution is 9.10. The topological polar surface area (TPSA) is 73.2 Å². The van der Waals surface area contributed by atoms with Gasteiger partial charge in [-0.05, 0) is 52.3 Å². The Labute approximate surface area is 148 Å². The van der Waals surface area contributed by atoms with Crippen molar-refractivity contribution in [2.75, 3.05) is 11.8 Å². The van der Waals surface area contributed by atoms with Crippen LogP contribution in [0.4, 0.5) is 5.69 Å². The number of hydrogen-bond acceptors (Lipinski definition) is 4. The summed E-state index contributed by atoms with van der Waals surface area (Å²) >= 11 is 3.33. The van der Waals surface area contributed by atoms with Gasteiger partial charge in [-0.1, -0.05) is 12.1 Å². The fraction of sp³-hybridized carbons (Fsp3) is 0.0625. The lowest BCUT2D eigenvalue weighted by Crippen LogP contribution is -2.14. The van der Waals surface area contributed by atoms with E-state index < -0.39 is 10.0 Å². The van der Waals surface area contributed by atoms with Crippen LogP contribution < -0.4 is 9.46 Å². The predicted molar refractivity (Wildman–Crippen MR) is 95.1 cm³/mol. The molecule has 0 aliphatic rings. The van der Waals surface area contributed by atoms with E-state index in [-0.39, 0.29) is 4.90 Å². The summed E-state index contributed by atoms with van der Waals surface area (Å²) in [5.74, 6) is 0.593. The van der Waals surface area contributed by atoms with Crippen LogP contribution in [0.15, 0.2) is 70.3 Å². The van der Waals surface area contributed by atoms with Crippen LogP contribution in [0.5, 0.6) is 5.75 Å². The summed E-state index contributed by atoms with van der Waals surface area (Å²) < 4.78 is 35.2. The lowest BCUT2D eigenvalue weighted by molar-refractivity contribution is 0.414. The normalized spacial score (nSPS) is 11.2. The standard InChI is InChI=1S/C16H14BrN3O3S/c1-23-13-6-8-14(9-7-13)24(21,22)19-15-4-2-3-5-16(15)20-11-12(17)10-18-20/h2-11,19H,1H3. The summed E-state index contributed by atoms with van der Waals surface area (Å²) in [6.45, 7) is 0.